The van der Waals surface area contributed by atoms with Gasteiger partial charge in [0.25, 0.3) is 0 Å². The number of nitrogens with zero attached hydrogens (tertiary/aromatic N) is 4. The minimum Gasteiger partial charge on any atom is -0.310 e. The molecule has 298 valence electrons. The second-order valence-corrected chi connectivity index (χ2v) is 16.7. The Labute approximate surface area is 366 Å². The zero-order chi connectivity index (χ0) is 41.9. The van der Waals surface area contributed by atoms with Gasteiger partial charge in [0.2, 0.25) is 0 Å². The molecule has 0 bridgehead atoms. The lowest BCUT2D eigenvalue weighted by atomic mass is 9.98. The molecule has 0 fully saturated rings. The summed E-state index contributed by atoms with van der Waals surface area (Å²) in [5, 5.41) is 4.99. The fourth-order valence-electron chi connectivity index (χ4n) is 9.59. The number of benzene rings is 8. The molecule has 4 nitrogen and oxygen atoms in total. The van der Waals surface area contributed by atoms with E-state index in [0.29, 0.717) is 11.7 Å². The number of rotatable bonds is 7. The molecule has 1 atom stereocenters. The van der Waals surface area contributed by atoms with Gasteiger partial charge >= 0.3 is 0 Å². The summed E-state index contributed by atoms with van der Waals surface area (Å²) < 4.78 is 4.88. The van der Waals surface area contributed by atoms with Gasteiger partial charge in [-0.2, -0.15) is 0 Å². The summed E-state index contributed by atoms with van der Waals surface area (Å²) >= 11 is 0. The van der Waals surface area contributed by atoms with Crippen molar-refractivity contribution in [3.8, 4) is 61.8 Å². The number of hydrogen-bond acceptors (Lipinski definition) is 2. The van der Waals surface area contributed by atoms with E-state index >= 15 is 0 Å². The van der Waals surface area contributed by atoms with Crippen molar-refractivity contribution in [1.29, 1.82) is 0 Å². The van der Waals surface area contributed by atoms with Crippen molar-refractivity contribution < 1.29 is 0 Å². The van der Waals surface area contributed by atoms with Crippen molar-refractivity contribution in [3.05, 3.63) is 218 Å². The highest BCUT2D eigenvalue weighted by atomic mass is 15.0. The van der Waals surface area contributed by atoms with Crippen molar-refractivity contribution in [2.24, 2.45) is 5.92 Å². The highest BCUT2D eigenvalue weighted by Crippen LogP contribution is 2.41. The van der Waals surface area contributed by atoms with Gasteiger partial charge in [-0.15, -0.1) is 0 Å². The second kappa shape index (κ2) is 15.1. The number of aromatic nitrogens is 4. The molecule has 11 aromatic rings. The molecule has 8 aromatic carbocycles. The largest absolute Gasteiger partial charge is 0.310 e. The number of fused-ring (bicyclic) bond motifs is 6. The van der Waals surface area contributed by atoms with Gasteiger partial charge in [-0.3, -0.25) is 0 Å². The molecular formula is C59H42N4. The lowest BCUT2D eigenvalue weighted by Crippen LogP contribution is -2.00. The van der Waals surface area contributed by atoms with Crippen LogP contribution in [0.25, 0.3) is 111 Å². The summed E-state index contributed by atoms with van der Waals surface area (Å²) in [5.74, 6) is 1.26. The smallest absolute Gasteiger partial charge is 0.160 e. The van der Waals surface area contributed by atoms with Crippen LogP contribution < -0.4 is 0 Å². The molecule has 0 aliphatic heterocycles. The van der Waals surface area contributed by atoms with Gasteiger partial charge < -0.3 is 9.13 Å². The van der Waals surface area contributed by atoms with Crippen molar-refractivity contribution >= 4 is 49.3 Å². The summed E-state index contributed by atoms with van der Waals surface area (Å²) in [6.07, 6.45) is 8.05. The van der Waals surface area contributed by atoms with E-state index in [-0.39, 0.29) is 0 Å². The summed E-state index contributed by atoms with van der Waals surface area (Å²) in [4.78, 5) is 10.2. The molecule has 0 N–H and O–H groups in total. The average molecular weight is 807 g/mol. The predicted octanol–water partition coefficient (Wildman–Crippen LogP) is 15.5. The molecule has 12 rings (SSSR count). The quantitative estimate of drug-likeness (QED) is 0.161. The van der Waals surface area contributed by atoms with Crippen molar-refractivity contribution in [2.75, 3.05) is 0 Å². The van der Waals surface area contributed by atoms with Crippen LogP contribution in [0.15, 0.2) is 218 Å². The fraction of sp³-hybridized carbons (Fsp3) is 0.0508. The third-order valence-corrected chi connectivity index (χ3v) is 12.7. The van der Waals surface area contributed by atoms with Crippen LogP contribution in [0.3, 0.4) is 0 Å². The van der Waals surface area contributed by atoms with Gasteiger partial charge in [-0.25, -0.2) is 9.97 Å². The highest BCUT2D eigenvalue weighted by Gasteiger charge is 2.20. The van der Waals surface area contributed by atoms with Crippen LogP contribution in [-0.2, 0) is 0 Å². The van der Waals surface area contributed by atoms with Gasteiger partial charge in [0.15, 0.2) is 5.82 Å². The highest BCUT2D eigenvalue weighted by molar-refractivity contribution is 6.17. The molecule has 0 radical (unpaired) electrons. The maximum absolute atomic E-state index is 5.14. The summed E-state index contributed by atoms with van der Waals surface area (Å²) in [5.41, 5.74) is 16.7. The first-order valence-corrected chi connectivity index (χ1v) is 21.8. The Morgan fingerprint density at radius 1 is 0.429 bits per heavy atom. The maximum Gasteiger partial charge on any atom is 0.160 e. The first-order valence-electron chi connectivity index (χ1n) is 21.8. The predicted molar refractivity (Wildman–Crippen MR) is 264 cm³/mol. The SMILES string of the molecule is CC1C=CC(n2c3ccccc3c3c(-c4cccc(-n5c6ccccc6c6ccc(-c7cccc(-c8cc(-c9ccccc9)nc(-c9ccccc9)n8)c7)cc65)c4)cccc32)=CC1. The van der Waals surface area contributed by atoms with E-state index in [9.17, 15) is 0 Å². The van der Waals surface area contributed by atoms with E-state index in [4.69, 9.17) is 9.97 Å². The molecular weight excluding hydrogens is 765 g/mol. The van der Waals surface area contributed by atoms with Gasteiger partial charge in [0.1, 0.15) is 0 Å². The summed E-state index contributed by atoms with van der Waals surface area (Å²) in [7, 11) is 0. The molecule has 4 heteroatoms. The molecule has 63 heavy (non-hydrogen) atoms. The van der Waals surface area contributed by atoms with E-state index in [1.54, 1.807) is 0 Å². The minimum absolute atomic E-state index is 0.550. The summed E-state index contributed by atoms with van der Waals surface area (Å²) in [6.45, 7) is 2.28. The molecule has 1 unspecified atom stereocenters. The van der Waals surface area contributed by atoms with E-state index < -0.39 is 0 Å². The Morgan fingerprint density at radius 3 is 1.83 bits per heavy atom. The van der Waals surface area contributed by atoms with E-state index in [1.807, 2.05) is 24.3 Å². The van der Waals surface area contributed by atoms with E-state index in [0.717, 1.165) is 56.8 Å². The first kappa shape index (κ1) is 36.7. The lowest BCUT2D eigenvalue weighted by molar-refractivity contribution is 0.735. The van der Waals surface area contributed by atoms with Crippen LogP contribution in [0.5, 0.6) is 0 Å². The third-order valence-electron chi connectivity index (χ3n) is 12.7. The number of para-hydroxylation sites is 2. The standard InChI is InChI=1S/C59H42N4/c1-39-29-32-46(33-30-39)62-55-27-11-9-24-51(55)58-48(25-14-28-56(58)62)44-20-13-22-47(36-44)63-54-26-10-8-23-49(54)50-34-31-43(37-57(50)63)42-19-12-21-45(35-42)53-38-52(40-15-4-2-5-16-40)60-59(61-53)41-17-6-3-7-18-41/h2-29,31-39H,30H2,1H3. The fourth-order valence-corrected chi connectivity index (χ4v) is 9.59. The zero-order valence-corrected chi connectivity index (χ0v) is 34.9. The molecule has 0 saturated carbocycles. The number of allylic oxidation sites excluding steroid dienone is 4. The monoisotopic (exact) mass is 806 g/mol. The maximum atomic E-state index is 5.14. The Balaban J connectivity index is 0.990. The molecule has 3 aromatic heterocycles. The Hall–Kier alpha value is -8.08. The first-order chi connectivity index (χ1) is 31.1. The Morgan fingerprint density at radius 2 is 1.03 bits per heavy atom. The van der Waals surface area contributed by atoms with Crippen LogP contribution in [-0.4, -0.2) is 19.1 Å². The van der Waals surface area contributed by atoms with Gasteiger partial charge in [-0.05, 0) is 89.2 Å². The van der Waals surface area contributed by atoms with Crippen LogP contribution in [0.2, 0.25) is 0 Å². The normalized spacial score (nSPS) is 13.9. The van der Waals surface area contributed by atoms with Crippen molar-refractivity contribution in [3.63, 3.8) is 0 Å². The Bertz CT molecular complexity index is 3550. The summed E-state index contributed by atoms with van der Waals surface area (Å²) in [6, 6.07) is 71.8. The third kappa shape index (κ3) is 6.38. The van der Waals surface area contributed by atoms with Crippen LogP contribution in [0.1, 0.15) is 13.3 Å². The molecule has 0 saturated heterocycles. The average Bonchev–Trinajstić information content (AvgIpc) is 3.87. The van der Waals surface area contributed by atoms with E-state index in [2.05, 4.69) is 210 Å². The van der Waals surface area contributed by atoms with Crippen molar-refractivity contribution in [1.82, 2.24) is 19.1 Å². The van der Waals surface area contributed by atoms with Crippen LogP contribution in [0.4, 0.5) is 0 Å². The van der Waals surface area contributed by atoms with Gasteiger partial charge in [0, 0.05) is 49.6 Å². The van der Waals surface area contributed by atoms with Crippen LogP contribution in [0, 0.1) is 5.92 Å². The topological polar surface area (TPSA) is 35.6 Å². The number of hydrogen-bond donors (Lipinski definition) is 0. The van der Waals surface area contributed by atoms with Gasteiger partial charge in [0.05, 0.1) is 33.5 Å². The molecule has 1 aliphatic rings. The van der Waals surface area contributed by atoms with Crippen LogP contribution >= 0.6 is 0 Å². The second-order valence-electron chi connectivity index (χ2n) is 16.7. The molecule has 0 amide bonds. The van der Waals surface area contributed by atoms with Gasteiger partial charge in [-0.1, -0.05) is 171 Å². The van der Waals surface area contributed by atoms with E-state index in [1.165, 1.54) is 54.9 Å². The van der Waals surface area contributed by atoms with Crippen molar-refractivity contribution in [2.45, 2.75) is 13.3 Å². The molecule has 0 spiro atoms. The molecule has 3 heterocycles. The minimum atomic E-state index is 0.550. The molecule has 1 aliphatic carbocycles. The zero-order valence-electron chi connectivity index (χ0n) is 34.9. The lowest BCUT2D eigenvalue weighted by Gasteiger charge is -2.15. The Kier molecular flexibility index (Phi) is 8.82.